The molecule has 0 saturated carbocycles. The number of carbonyl (C=O) groups is 2. The fourth-order valence-electron chi connectivity index (χ4n) is 3.13. The van der Waals surface area contributed by atoms with E-state index >= 15 is 0 Å². The highest BCUT2D eigenvalue weighted by molar-refractivity contribution is 5.93. The van der Waals surface area contributed by atoms with Crippen LogP contribution in [0, 0.1) is 11.8 Å². The van der Waals surface area contributed by atoms with Crippen molar-refractivity contribution in [3.63, 3.8) is 0 Å². The van der Waals surface area contributed by atoms with Crippen molar-refractivity contribution < 1.29 is 19.1 Å². The molecule has 1 aliphatic heterocycles. The van der Waals surface area contributed by atoms with E-state index in [0.29, 0.717) is 11.5 Å². The summed E-state index contributed by atoms with van der Waals surface area (Å²) in [6.45, 7) is 3.02. The Labute approximate surface area is 111 Å². The molecule has 0 amide bonds. The fourth-order valence-corrected chi connectivity index (χ4v) is 3.13. The number of allylic oxidation sites excluding steroid dienone is 2. The van der Waals surface area contributed by atoms with Crippen LogP contribution < -0.4 is 0 Å². The van der Waals surface area contributed by atoms with E-state index in [2.05, 4.69) is 18.2 Å². The van der Waals surface area contributed by atoms with E-state index < -0.39 is 17.7 Å². The molecule has 1 spiro atoms. The summed E-state index contributed by atoms with van der Waals surface area (Å²) >= 11 is 0. The molecule has 2 aliphatic carbocycles. The van der Waals surface area contributed by atoms with Crippen LogP contribution >= 0.6 is 0 Å². The highest BCUT2D eigenvalue weighted by Gasteiger charge is 2.51. The third kappa shape index (κ3) is 1.82. The van der Waals surface area contributed by atoms with Gasteiger partial charge < -0.3 is 9.47 Å². The maximum atomic E-state index is 12.0. The predicted octanol–water partition coefficient (Wildman–Crippen LogP) is 1.92. The van der Waals surface area contributed by atoms with Crippen LogP contribution in [0.1, 0.15) is 20.3 Å². The van der Waals surface area contributed by atoms with Gasteiger partial charge in [-0.25, -0.2) is 4.79 Å². The van der Waals surface area contributed by atoms with Gasteiger partial charge in [-0.2, -0.15) is 0 Å². The van der Waals surface area contributed by atoms with Gasteiger partial charge in [0.25, 0.3) is 0 Å². The van der Waals surface area contributed by atoms with Crippen LogP contribution in [0.25, 0.3) is 0 Å². The lowest BCUT2D eigenvalue weighted by Crippen LogP contribution is -2.32. The minimum absolute atomic E-state index is 0.179. The summed E-state index contributed by atoms with van der Waals surface area (Å²) in [4.78, 5) is 23.0. The maximum absolute atomic E-state index is 12.0. The second-order valence-corrected chi connectivity index (χ2v) is 5.31. The van der Waals surface area contributed by atoms with E-state index in [-0.39, 0.29) is 11.9 Å². The van der Waals surface area contributed by atoms with Crippen LogP contribution in [0.15, 0.2) is 36.0 Å². The van der Waals surface area contributed by atoms with Crippen molar-refractivity contribution in [2.45, 2.75) is 32.0 Å². The molecule has 0 aromatic heterocycles. The molecule has 4 atom stereocenters. The third-order valence-corrected chi connectivity index (χ3v) is 4.00. The van der Waals surface area contributed by atoms with Gasteiger partial charge in [-0.05, 0) is 31.4 Å². The molecule has 19 heavy (non-hydrogen) atoms. The van der Waals surface area contributed by atoms with Crippen molar-refractivity contribution in [1.29, 1.82) is 0 Å². The molecule has 0 aromatic carbocycles. The van der Waals surface area contributed by atoms with Crippen molar-refractivity contribution in [3.05, 3.63) is 36.0 Å². The molecule has 4 heteroatoms. The number of fused-ring (bicyclic) bond motifs is 2. The summed E-state index contributed by atoms with van der Waals surface area (Å²) in [6.07, 6.45) is 10.5. The Morgan fingerprint density at radius 2 is 2.32 bits per heavy atom. The van der Waals surface area contributed by atoms with Gasteiger partial charge in [-0.15, -0.1) is 0 Å². The summed E-state index contributed by atoms with van der Waals surface area (Å²) in [5, 5.41) is 0. The second kappa shape index (κ2) is 4.08. The van der Waals surface area contributed by atoms with Crippen LogP contribution in [-0.2, 0) is 19.1 Å². The minimum atomic E-state index is -0.668. The molecule has 4 nitrogen and oxygen atoms in total. The number of hydrogen-bond acceptors (Lipinski definition) is 4. The molecule has 0 saturated heterocycles. The first-order valence-corrected chi connectivity index (χ1v) is 6.51. The predicted molar refractivity (Wildman–Crippen MR) is 68.0 cm³/mol. The van der Waals surface area contributed by atoms with Gasteiger partial charge in [-0.1, -0.05) is 18.2 Å². The van der Waals surface area contributed by atoms with Crippen molar-refractivity contribution in [2.75, 3.05) is 0 Å². The Morgan fingerprint density at radius 1 is 1.53 bits per heavy atom. The van der Waals surface area contributed by atoms with E-state index in [4.69, 9.17) is 9.47 Å². The average molecular weight is 260 g/mol. The molecular weight excluding hydrogens is 244 g/mol. The van der Waals surface area contributed by atoms with Gasteiger partial charge in [0.1, 0.15) is 6.10 Å². The normalized spacial score (nSPS) is 36.3. The largest absolute Gasteiger partial charge is 0.458 e. The highest BCUT2D eigenvalue weighted by atomic mass is 16.6. The minimum Gasteiger partial charge on any atom is -0.458 e. The number of carbonyl (C=O) groups excluding carboxylic acids is 2. The molecule has 3 aliphatic rings. The summed E-state index contributed by atoms with van der Waals surface area (Å²) in [5.41, 5.74) is -0.237. The maximum Gasteiger partial charge on any atom is 0.338 e. The van der Waals surface area contributed by atoms with Gasteiger partial charge in [0.2, 0.25) is 0 Å². The van der Waals surface area contributed by atoms with Crippen LogP contribution in [0.3, 0.4) is 0 Å². The Morgan fingerprint density at radius 3 is 3.05 bits per heavy atom. The van der Waals surface area contributed by atoms with Crippen molar-refractivity contribution in [3.8, 4) is 0 Å². The smallest absolute Gasteiger partial charge is 0.338 e. The summed E-state index contributed by atoms with van der Waals surface area (Å²) in [6, 6.07) is 0. The van der Waals surface area contributed by atoms with Gasteiger partial charge >= 0.3 is 11.9 Å². The fraction of sp³-hybridized carbons (Fsp3) is 0.467. The van der Waals surface area contributed by atoms with E-state index in [1.165, 1.54) is 6.92 Å². The Bertz CT molecular complexity index is 528. The van der Waals surface area contributed by atoms with Crippen molar-refractivity contribution in [1.82, 2.24) is 0 Å². The summed E-state index contributed by atoms with van der Waals surface area (Å²) in [7, 11) is 0. The lowest BCUT2D eigenvalue weighted by Gasteiger charge is -2.26. The standard InChI is InChI=1S/C15H16O4/c1-9(18-10(2)16)12-8-15(19-14(12)17)7-6-11-4-3-5-13(11)15/h3,5-9,11,13H,4H2,1-2H3. The van der Waals surface area contributed by atoms with E-state index in [9.17, 15) is 9.59 Å². The number of rotatable bonds is 2. The molecule has 0 radical (unpaired) electrons. The molecule has 0 N–H and O–H groups in total. The zero-order valence-corrected chi connectivity index (χ0v) is 11.0. The second-order valence-electron chi connectivity index (χ2n) is 5.31. The summed E-state index contributed by atoms with van der Waals surface area (Å²) < 4.78 is 10.6. The van der Waals surface area contributed by atoms with E-state index in [1.807, 2.05) is 12.2 Å². The molecule has 4 unspecified atom stereocenters. The highest BCUT2D eigenvalue weighted by Crippen LogP contribution is 2.47. The first kappa shape index (κ1) is 12.2. The molecular formula is C15H16O4. The Balaban J connectivity index is 1.89. The van der Waals surface area contributed by atoms with Crippen molar-refractivity contribution >= 4 is 11.9 Å². The molecule has 0 aromatic rings. The number of esters is 2. The Kier molecular flexibility index (Phi) is 2.62. The molecule has 3 rings (SSSR count). The monoisotopic (exact) mass is 260 g/mol. The number of ether oxygens (including phenoxy) is 2. The van der Waals surface area contributed by atoms with Crippen LogP contribution in [0.5, 0.6) is 0 Å². The number of hydrogen-bond donors (Lipinski definition) is 0. The van der Waals surface area contributed by atoms with E-state index in [0.717, 1.165) is 6.42 Å². The zero-order valence-electron chi connectivity index (χ0n) is 11.0. The van der Waals surface area contributed by atoms with Gasteiger partial charge in [0.15, 0.2) is 5.60 Å². The SMILES string of the molecule is CC(=O)OC(C)C1=CC2(C=CC3CC=CC32)OC1=O. The molecule has 0 fully saturated rings. The van der Waals surface area contributed by atoms with Crippen LogP contribution in [-0.4, -0.2) is 23.6 Å². The quantitative estimate of drug-likeness (QED) is 0.562. The summed E-state index contributed by atoms with van der Waals surface area (Å²) in [5.74, 6) is -0.201. The Hall–Kier alpha value is -1.84. The lowest BCUT2D eigenvalue weighted by molar-refractivity contribution is -0.149. The van der Waals surface area contributed by atoms with Crippen molar-refractivity contribution in [2.24, 2.45) is 11.8 Å². The third-order valence-electron chi connectivity index (χ3n) is 4.00. The first-order chi connectivity index (χ1) is 9.02. The molecule has 1 heterocycles. The lowest BCUT2D eigenvalue weighted by atomic mass is 9.86. The van der Waals surface area contributed by atoms with E-state index in [1.54, 1.807) is 6.92 Å². The van der Waals surface area contributed by atoms with Crippen LogP contribution in [0.2, 0.25) is 0 Å². The molecule has 0 bridgehead atoms. The van der Waals surface area contributed by atoms with Gasteiger partial charge in [0.05, 0.1) is 5.57 Å². The molecule has 100 valence electrons. The topological polar surface area (TPSA) is 52.6 Å². The zero-order chi connectivity index (χ0) is 13.6. The van der Waals surface area contributed by atoms with Crippen LogP contribution in [0.4, 0.5) is 0 Å². The van der Waals surface area contributed by atoms with Gasteiger partial charge in [-0.3, -0.25) is 4.79 Å². The van der Waals surface area contributed by atoms with Gasteiger partial charge in [0, 0.05) is 12.8 Å². The average Bonchev–Trinajstić information content (AvgIpc) is 2.96. The first-order valence-electron chi connectivity index (χ1n) is 6.51.